The number of hydrogen-bond acceptors (Lipinski definition) is 5. The second kappa shape index (κ2) is 22.0. The number of carboxylic acids is 2. The fraction of sp³-hybridized carbons (Fsp3) is 0.824. The molecule has 1 atom stereocenters. The summed E-state index contributed by atoms with van der Waals surface area (Å²) in [5.41, 5.74) is 0. The SMILES string of the molecule is CCCCCCCCCCCC(=O)NC(CCC(=O)[O-])C(=O)[O-].[K+].[K+]. The molecule has 1 amide bonds. The Labute approximate surface area is 236 Å². The van der Waals surface area contributed by atoms with Gasteiger partial charge in [-0.05, 0) is 19.3 Å². The molecule has 1 unspecified atom stereocenters. The van der Waals surface area contributed by atoms with Crippen molar-refractivity contribution in [2.24, 2.45) is 0 Å². The van der Waals surface area contributed by atoms with E-state index in [1.807, 2.05) is 0 Å². The Bertz CT molecular complexity index is 367. The molecule has 0 aliphatic heterocycles. The zero-order chi connectivity index (χ0) is 17.5. The molecule has 0 rings (SSSR count). The molecule has 0 fully saturated rings. The van der Waals surface area contributed by atoms with Crippen LogP contribution in [0, 0.1) is 0 Å². The zero-order valence-electron chi connectivity index (χ0n) is 16.1. The quantitative estimate of drug-likeness (QED) is 0.216. The van der Waals surface area contributed by atoms with Gasteiger partial charge in [0.15, 0.2) is 0 Å². The number of carbonyl (C=O) groups excluding carboxylic acids is 3. The van der Waals surface area contributed by atoms with Crippen molar-refractivity contribution < 1.29 is 127 Å². The van der Waals surface area contributed by atoms with Crippen LogP contribution in [0.25, 0.3) is 0 Å². The van der Waals surface area contributed by atoms with Gasteiger partial charge in [-0.15, -0.1) is 0 Å². The second-order valence-electron chi connectivity index (χ2n) is 5.93. The smallest absolute Gasteiger partial charge is 0.550 e. The van der Waals surface area contributed by atoms with Crippen LogP contribution in [0.4, 0.5) is 0 Å². The van der Waals surface area contributed by atoms with Gasteiger partial charge in [-0.2, -0.15) is 0 Å². The number of hydrogen-bond donors (Lipinski definition) is 1. The molecule has 0 aromatic carbocycles. The maximum atomic E-state index is 11.6. The summed E-state index contributed by atoms with van der Waals surface area (Å²) in [6, 6.07) is -1.26. The second-order valence-corrected chi connectivity index (χ2v) is 5.93. The van der Waals surface area contributed by atoms with Crippen LogP contribution < -0.4 is 118 Å². The fourth-order valence-electron chi connectivity index (χ4n) is 2.37. The van der Waals surface area contributed by atoms with Crippen LogP contribution in [0.1, 0.15) is 84.0 Å². The van der Waals surface area contributed by atoms with Crippen molar-refractivity contribution in [1.29, 1.82) is 0 Å². The summed E-state index contributed by atoms with van der Waals surface area (Å²) in [5, 5.41) is 23.5. The number of carboxylic acid groups (broad SMARTS) is 2. The maximum Gasteiger partial charge on any atom is 1.00 e. The Morgan fingerprint density at radius 3 is 1.72 bits per heavy atom. The molecule has 0 bridgehead atoms. The molecule has 0 saturated heterocycles. The summed E-state index contributed by atoms with van der Waals surface area (Å²) >= 11 is 0. The van der Waals surface area contributed by atoms with Gasteiger partial charge < -0.3 is 25.1 Å². The summed E-state index contributed by atoms with van der Waals surface area (Å²) in [4.78, 5) is 32.8. The first-order valence-corrected chi connectivity index (χ1v) is 8.67. The number of aliphatic carboxylic acids is 2. The Kier molecular flexibility index (Phi) is 27.6. The summed E-state index contributed by atoms with van der Waals surface area (Å²) < 4.78 is 0. The van der Waals surface area contributed by atoms with Gasteiger partial charge in [0, 0.05) is 12.4 Å². The van der Waals surface area contributed by atoms with Gasteiger partial charge in [-0.25, -0.2) is 0 Å². The van der Waals surface area contributed by atoms with E-state index in [-0.39, 0.29) is 122 Å². The third-order valence-electron chi connectivity index (χ3n) is 3.76. The normalized spacial score (nSPS) is 10.9. The van der Waals surface area contributed by atoms with Crippen LogP contribution in [-0.4, -0.2) is 23.9 Å². The summed E-state index contributed by atoms with van der Waals surface area (Å²) in [5.74, 6) is -3.18. The molecule has 0 radical (unpaired) electrons. The first kappa shape index (κ1) is 31.4. The molecule has 25 heavy (non-hydrogen) atoms. The van der Waals surface area contributed by atoms with Crippen molar-refractivity contribution in [3.63, 3.8) is 0 Å². The van der Waals surface area contributed by atoms with E-state index in [0.29, 0.717) is 6.42 Å². The van der Waals surface area contributed by atoms with E-state index in [4.69, 9.17) is 0 Å². The van der Waals surface area contributed by atoms with E-state index in [9.17, 15) is 24.6 Å². The van der Waals surface area contributed by atoms with E-state index in [1.165, 1.54) is 38.5 Å². The van der Waals surface area contributed by atoms with Gasteiger partial charge >= 0.3 is 103 Å². The van der Waals surface area contributed by atoms with Crippen molar-refractivity contribution in [1.82, 2.24) is 5.32 Å². The third kappa shape index (κ3) is 21.8. The molecule has 0 aliphatic carbocycles. The minimum atomic E-state index is -1.47. The van der Waals surface area contributed by atoms with Crippen molar-refractivity contribution in [2.45, 2.75) is 90.0 Å². The van der Waals surface area contributed by atoms with Crippen LogP contribution in [-0.2, 0) is 14.4 Å². The Balaban J connectivity index is -0.00000242. The topological polar surface area (TPSA) is 109 Å². The van der Waals surface area contributed by atoms with Crippen LogP contribution in [0.5, 0.6) is 0 Å². The Morgan fingerprint density at radius 2 is 1.28 bits per heavy atom. The van der Waals surface area contributed by atoms with Gasteiger partial charge in [0.1, 0.15) is 0 Å². The molecule has 1 N–H and O–H groups in total. The average Bonchev–Trinajstić information content (AvgIpc) is 2.49. The monoisotopic (exact) mass is 405 g/mol. The molecule has 0 saturated carbocycles. The molecule has 6 nitrogen and oxygen atoms in total. The van der Waals surface area contributed by atoms with E-state index in [0.717, 1.165) is 12.8 Å². The Morgan fingerprint density at radius 1 is 0.800 bits per heavy atom. The number of unbranched alkanes of at least 4 members (excludes halogenated alkanes) is 8. The van der Waals surface area contributed by atoms with Crippen LogP contribution >= 0.6 is 0 Å². The predicted molar refractivity (Wildman–Crippen MR) is 83.0 cm³/mol. The minimum absolute atomic E-state index is 0. The summed E-state index contributed by atoms with van der Waals surface area (Å²) in [6.45, 7) is 2.19. The largest absolute Gasteiger partial charge is 1.00 e. The molecular formula is C17H29K2NO5. The van der Waals surface area contributed by atoms with Gasteiger partial charge in [0.05, 0.1) is 12.0 Å². The molecule has 0 aliphatic rings. The Hall–Kier alpha value is 1.68. The molecule has 134 valence electrons. The summed E-state index contributed by atoms with van der Waals surface area (Å²) in [6.07, 6.45) is 9.82. The fourth-order valence-corrected chi connectivity index (χ4v) is 2.37. The maximum absolute atomic E-state index is 11.6. The zero-order valence-corrected chi connectivity index (χ0v) is 22.4. The van der Waals surface area contributed by atoms with Crippen LogP contribution in [0.3, 0.4) is 0 Å². The van der Waals surface area contributed by atoms with Crippen LogP contribution in [0.15, 0.2) is 0 Å². The molecular weight excluding hydrogens is 376 g/mol. The first-order chi connectivity index (χ1) is 11.0. The molecule has 8 heteroatoms. The van der Waals surface area contributed by atoms with Gasteiger partial charge in [0.2, 0.25) is 5.91 Å². The van der Waals surface area contributed by atoms with Gasteiger partial charge in [-0.3, -0.25) is 4.79 Å². The number of amides is 1. The van der Waals surface area contributed by atoms with E-state index >= 15 is 0 Å². The predicted octanol–water partition coefficient (Wildman–Crippen LogP) is -5.32. The number of rotatable bonds is 15. The molecule has 0 spiro atoms. The van der Waals surface area contributed by atoms with Crippen molar-refractivity contribution in [3.05, 3.63) is 0 Å². The van der Waals surface area contributed by atoms with E-state index in [1.54, 1.807) is 0 Å². The van der Waals surface area contributed by atoms with E-state index in [2.05, 4.69) is 12.2 Å². The van der Waals surface area contributed by atoms with Crippen molar-refractivity contribution in [2.75, 3.05) is 0 Å². The molecule has 0 aromatic rings. The van der Waals surface area contributed by atoms with E-state index < -0.39 is 24.4 Å². The first-order valence-electron chi connectivity index (χ1n) is 8.67. The molecule has 0 heterocycles. The van der Waals surface area contributed by atoms with Crippen molar-refractivity contribution in [3.8, 4) is 0 Å². The van der Waals surface area contributed by atoms with Crippen molar-refractivity contribution >= 4 is 17.8 Å². The summed E-state index contributed by atoms with van der Waals surface area (Å²) in [7, 11) is 0. The minimum Gasteiger partial charge on any atom is -0.550 e. The number of nitrogens with one attached hydrogen (secondary N) is 1. The average molecular weight is 406 g/mol. The number of carbonyl (C=O) groups is 3. The van der Waals surface area contributed by atoms with Gasteiger partial charge in [0.25, 0.3) is 0 Å². The molecule has 0 aromatic heterocycles. The third-order valence-corrected chi connectivity index (χ3v) is 3.76. The van der Waals surface area contributed by atoms with Gasteiger partial charge in [-0.1, -0.05) is 58.3 Å². The standard InChI is InChI=1S/C17H31NO5.2K/c1-2-3-4-5-6-7-8-9-10-11-15(19)18-14(17(22)23)12-13-16(20)21;;/h14H,2-13H2,1H3,(H,18,19)(H,20,21)(H,22,23);;/q;2*+1/p-2. The van der Waals surface area contributed by atoms with Crippen LogP contribution in [0.2, 0.25) is 0 Å².